The molecule has 0 unspecified atom stereocenters. The molecule has 0 spiro atoms. The first-order valence-electron chi connectivity index (χ1n) is 8.29. The van der Waals surface area contributed by atoms with Crippen molar-refractivity contribution in [1.82, 2.24) is 4.90 Å². The number of nitrogens with zero attached hydrogens (tertiary/aromatic N) is 1. The number of rotatable bonds is 5. The Hall–Kier alpha value is -1.95. The van der Waals surface area contributed by atoms with Gasteiger partial charge in [-0.25, -0.2) is 4.39 Å². The summed E-state index contributed by atoms with van der Waals surface area (Å²) >= 11 is 0. The number of carbonyl (C=O) groups is 2. The Kier molecular flexibility index (Phi) is 4.58. The van der Waals surface area contributed by atoms with E-state index in [1.165, 1.54) is 25.3 Å². The largest absolute Gasteiger partial charge is 0.496 e. The van der Waals surface area contributed by atoms with Crippen molar-refractivity contribution in [2.24, 2.45) is 11.3 Å². The van der Waals surface area contributed by atoms with E-state index in [-0.39, 0.29) is 29.8 Å². The molecule has 1 heterocycles. The van der Waals surface area contributed by atoms with Gasteiger partial charge in [-0.3, -0.25) is 9.59 Å². The summed E-state index contributed by atoms with van der Waals surface area (Å²) in [5, 5.41) is 9.44. The number of amides is 1. The zero-order valence-corrected chi connectivity index (χ0v) is 13.8. The predicted octanol–water partition coefficient (Wildman–Crippen LogP) is 2.03. The van der Waals surface area contributed by atoms with Crippen LogP contribution in [-0.4, -0.2) is 48.5 Å². The fraction of sp³-hybridized carbons (Fsp3) is 0.556. The van der Waals surface area contributed by atoms with E-state index in [1.807, 2.05) is 0 Å². The maximum atomic E-state index is 13.5. The molecule has 5 nitrogen and oxygen atoms in total. The number of aliphatic hydroxyl groups is 1. The zero-order valence-electron chi connectivity index (χ0n) is 13.8. The number of hydrogen-bond acceptors (Lipinski definition) is 4. The topological polar surface area (TPSA) is 66.8 Å². The third kappa shape index (κ3) is 3.02. The van der Waals surface area contributed by atoms with Crippen LogP contribution in [0.1, 0.15) is 36.0 Å². The summed E-state index contributed by atoms with van der Waals surface area (Å²) < 4.78 is 18.7. The molecule has 1 N–H and O–H groups in total. The van der Waals surface area contributed by atoms with Gasteiger partial charge >= 0.3 is 0 Å². The van der Waals surface area contributed by atoms with E-state index in [9.17, 15) is 19.1 Å². The van der Waals surface area contributed by atoms with E-state index in [0.717, 1.165) is 6.42 Å². The van der Waals surface area contributed by atoms with Gasteiger partial charge in [-0.2, -0.15) is 0 Å². The number of likely N-dealkylation sites (tertiary alicyclic amines) is 1. The van der Waals surface area contributed by atoms with Crippen LogP contribution in [0.15, 0.2) is 18.2 Å². The number of carbonyl (C=O) groups excluding carboxylic acids is 2. The van der Waals surface area contributed by atoms with E-state index in [2.05, 4.69) is 0 Å². The summed E-state index contributed by atoms with van der Waals surface area (Å²) in [6, 6.07) is 3.89. The molecule has 130 valence electrons. The summed E-state index contributed by atoms with van der Waals surface area (Å²) in [7, 11) is 1.44. The molecule has 1 aliphatic heterocycles. The highest BCUT2D eigenvalue weighted by Gasteiger charge is 2.51. The average Bonchev–Trinajstić information content (AvgIpc) is 3.41. The number of aliphatic hydroxyl groups excluding tert-OH is 1. The Morgan fingerprint density at radius 3 is 2.79 bits per heavy atom. The lowest BCUT2D eigenvalue weighted by Crippen LogP contribution is -2.46. The number of piperidine rings is 1. The first-order chi connectivity index (χ1) is 11.5. The average molecular weight is 335 g/mol. The van der Waals surface area contributed by atoms with Crippen LogP contribution in [0.25, 0.3) is 0 Å². The summed E-state index contributed by atoms with van der Waals surface area (Å²) in [5.41, 5.74) is -0.401. The molecule has 24 heavy (non-hydrogen) atoms. The number of ketones is 1. The van der Waals surface area contributed by atoms with Gasteiger partial charge in [0.25, 0.3) is 0 Å². The molecule has 1 saturated carbocycles. The number of methoxy groups -OCH3 is 1. The number of hydrogen-bond donors (Lipinski definition) is 1. The first-order valence-corrected chi connectivity index (χ1v) is 8.29. The van der Waals surface area contributed by atoms with E-state index in [1.54, 1.807) is 4.90 Å². The highest BCUT2D eigenvalue weighted by Crippen LogP contribution is 2.47. The molecule has 0 radical (unpaired) electrons. The van der Waals surface area contributed by atoms with E-state index < -0.39 is 11.2 Å². The van der Waals surface area contributed by atoms with Gasteiger partial charge in [0.1, 0.15) is 11.6 Å². The quantitative estimate of drug-likeness (QED) is 0.836. The second kappa shape index (κ2) is 6.51. The summed E-state index contributed by atoms with van der Waals surface area (Å²) in [6.45, 7) is 0.780. The Labute approximate surface area is 140 Å². The van der Waals surface area contributed by atoms with Crippen LogP contribution in [0, 0.1) is 17.2 Å². The molecule has 0 aromatic heterocycles. The molecule has 2 aliphatic rings. The number of benzene rings is 1. The van der Waals surface area contributed by atoms with Gasteiger partial charge in [0.05, 0.1) is 24.7 Å². The molecule has 1 saturated heterocycles. The van der Waals surface area contributed by atoms with Gasteiger partial charge in [0.2, 0.25) is 5.91 Å². The van der Waals surface area contributed by atoms with Crippen LogP contribution >= 0.6 is 0 Å². The lowest BCUT2D eigenvalue weighted by molar-refractivity contribution is -0.140. The monoisotopic (exact) mass is 335 g/mol. The van der Waals surface area contributed by atoms with E-state index in [0.29, 0.717) is 38.1 Å². The Morgan fingerprint density at radius 2 is 2.17 bits per heavy atom. The normalized spacial score (nSPS) is 22.1. The van der Waals surface area contributed by atoms with Crippen molar-refractivity contribution in [2.45, 2.75) is 25.7 Å². The van der Waals surface area contributed by atoms with Crippen LogP contribution < -0.4 is 4.74 Å². The van der Waals surface area contributed by atoms with Crippen molar-refractivity contribution in [1.29, 1.82) is 0 Å². The van der Waals surface area contributed by atoms with Crippen LogP contribution in [-0.2, 0) is 4.79 Å². The Morgan fingerprint density at radius 1 is 1.42 bits per heavy atom. The number of Topliss-reactive ketones (excluding diaryl/α,β-unsaturated/α-hetero) is 1. The highest BCUT2D eigenvalue weighted by atomic mass is 19.1. The second-order valence-electron chi connectivity index (χ2n) is 6.74. The fourth-order valence-electron chi connectivity index (χ4n) is 3.39. The summed E-state index contributed by atoms with van der Waals surface area (Å²) in [5.74, 6) is -0.765. The number of halogens is 1. The minimum atomic E-state index is -0.624. The second-order valence-corrected chi connectivity index (χ2v) is 6.74. The minimum absolute atomic E-state index is 0.0614. The molecule has 1 aliphatic carbocycles. The molecular weight excluding hydrogens is 313 g/mol. The smallest absolute Gasteiger partial charge is 0.231 e. The highest BCUT2D eigenvalue weighted by molar-refractivity contribution is 6.01. The van der Waals surface area contributed by atoms with Crippen molar-refractivity contribution in [2.75, 3.05) is 26.8 Å². The molecule has 0 bridgehead atoms. The fourth-order valence-corrected chi connectivity index (χ4v) is 3.39. The van der Waals surface area contributed by atoms with Crippen LogP contribution in [0.2, 0.25) is 0 Å². The molecular formula is C18H22FNO4. The van der Waals surface area contributed by atoms with Gasteiger partial charge in [-0.05, 0) is 43.9 Å². The third-order valence-corrected chi connectivity index (χ3v) is 5.12. The standard InChI is InChI=1S/C18H22FNO4/c1-24-15-5-4-13(19)9-14(15)16(22)12-3-2-8-20(10-12)17(23)18(11-21)6-7-18/h4-5,9,12,21H,2-3,6-8,10-11H2,1H3/t12-/m1/s1. The molecule has 6 heteroatoms. The first kappa shape index (κ1) is 16.9. The van der Waals surface area contributed by atoms with Gasteiger partial charge in [0, 0.05) is 19.0 Å². The van der Waals surface area contributed by atoms with Crippen molar-refractivity contribution in [3.63, 3.8) is 0 Å². The predicted molar refractivity (Wildman–Crippen MR) is 85.3 cm³/mol. The van der Waals surface area contributed by atoms with Crippen molar-refractivity contribution in [3.8, 4) is 5.75 Å². The minimum Gasteiger partial charge on any atom is -0.496 e. The SMILES string of the molecule is COc1ccc(F)cc1C(=O)[C@@H]1CCCN(C(=O)C2(CO)CC2)C1. The van der Waals surface area contributed by atoms with Crippen molar-refractivity contribution < 1.29 is 23.8 Å². The van der Waals surface area contributed by atoms with Crippen LogP contribution in [0.4, 0.5) is 4.39 Å². The summed E-state index contributed by atoms with van der Waals surface area (Å²) in [6.07, 6.45) is 2.79. The van der Waals surface area contributed by atoms with Crippen molar-refractivity contribution in [3.05, 3.63) is 29.6 Å². The molecule has 1 aromatic carbocycles. The number of ether oxygens (including phenoxy) is 1. The molecule has 3 rings (SSSR count). The maximum absolute atomic E-state index is 13.5. The Bertz CT molecular complexity index is 656. The van der Waals surface area contributed by atoms with E-state index >= 15 is 0 Å². The lowest BCUT2D eigenvalue weighted by atomic mass is 9.88. The lowest BCUT2D eigenvalue weighted by Gasteiger charge is -2.34. The van der Waals surface area contributed by atoms with Gasteiger partial charge < -0.3 is 14.7 Å². The molecule has 1 atom stereocenters. The maximum Gasteiger partial charge on any atom is 0.231 e. The third-order valence-electron chi connectivity index (χ3n) is 5.12. The molecule has 1 aromatic rings. The van der Waals surface area contributed by atoms with Gasteiger partial charge in [-0.15, -0.1) is 0 Å². The Balaban J connectivity index is 1.76. The summed E-state index contributed by atoms with van der Waals surface area (Å²) in [4.78, 5) is 27.0. The molecule has 2 fully saturated rings. The van der Waals surface area contributed by atoms with Crippen LogP contribution in [0.3, 0.4) is 0 Å². The van der Waals surface area contributed by atoms with Crippen molar-refractivity contribution >= 4 is 11.7 Å². The van der Waals surface area contributed by atoms with Gasteiger partial charge in [0.15, 0.2) is 5.78 Å². The molecule has 1 amide bonds. The van der Waals surface area contributed by atoms with E-state index in [4.69, 9.17) is 4.74 Å². The van der Waals surface area contributed by atoms with Crippen LogP contribution in [0.5, 0.6) is 5.75 Å². The van der Waals surface area contributed by atoms with Gasteiger partial charge in [-0.1, -0.05) is 0 Å². The zero-order chi connectivity index (χ0) is 17.3.